The number of aliphatic hydroxyl groups is 2. The lowest BCUT2D eigenvalue weighted by Gasteiger charge is -2.28. The summed E-state index contributed by atoms with van der Waals surface area (Å²) in [6.45, 7) is 2.51. The number of benzene rings is 3. The van der Waals surface area contributed by atoms with E-state index >= 15 is 0 Å². The molecule has 3 atom stereocenters. The van der Waals surface area contributed by atoms with Gasteiger partial charge >= 0.3 is 0 Å². The zero-order chi connectivity index (χ0) is 33.1. The van der Waals surface area contributed by atoms with Crippen LogP contribution >= 0.6 is 0 Å². The number of carbonyl (C=O) groups is 3. The van der Waals surface area contributed by atoms with Crippen molar-refractivity contribution < 1.29 is 29.3 Å². The zero-order valence-electron chi connectivity index (χ0n) is 26.7. The van der Waals surface area contributed by atoms with Gasteiger partial charge in [-0.2, -0.15) is 5.10 Å². The Balaban J connectivity index is 1.21. The Morgan fingerprint density at radius 1 is 1.09 bits per heavy atom. The van der Waals surface area contributed by atoms with Gasteiger partial charge in [0.05, 0.1) is 43.4 Å². The van der Waals surface area contributed by atoms with Crippen LogP contribution in [-0.2, 0) is 26.5 Å². The highest BCUT2D eigenvalue weighted by atomic mass is 16.5. The average molecular weight is 637 g/mol. The number of ether oxygens (including phenoxy) is 1. The van der Waals surface area contributed by atoms with E-state index in [1.807, 2.05) is 54.6 Å². The fourth-order valence-corrected chi connectivity index (χ4v) is 6.71. The van der Waals surface area contributed by atoms with Gasteiger partial charge in [-0.05, 0) is 54.3 Å². The first-order chi connectivity index (χ1) is 22.7. The maximum absolute atomic E-state index is 14.1. The Labute approximate surface area is 274 Å². The van der Waals surface area contributed by atoms with E-state index in [1.165, 1.54) is 12.1 Å². The van der Waals surface area contributed by atoms with E-state index in [-0.39, 0.29) is 37.4 Å². The van der Waals surface area contributed by atoms with Crippen molar-refractivity contribution in [2.24, 2.45) is 11.0 Å². The van der Waals surface area contributed by atoms with Gasteiger partial charge in [-0.3, -0.25) is 14.4 Å². The van der Waals surface area contributed by atoms with Gasteiger partial charge in [0.15, 0.2) is 5.60 Å². The molecule has 3 heterocycles. The minimum absolute atomic E-state index is 0.0587. The van der Waals surface area contributed by atoms with Gasteiger partial charge < -0.3 is 24.7 Å². The molecule has 10 nitrogen and oxygen atoms in total. The largest absolute Gasteiger partial charge is 0.497 e. The summed E-state index contributed by atoms with van der Waals surface area (Å²) < 4.78 is 5.43. The Morgan fingerprint density at radius 3 is 2.57 bits per heavy atom. The lowest BCUT2D eigenvalue weighted by molar-refractivity contribution is -0.139. The Kier molecular flexibility index (Phi) is 9.24. The van der Waals surface area contributed by atoms with E-state index < -0.39 is 17.4 Å². The molecule has 0 spiro atoms. The molecule has 3 aromatic carbocycles. The third-order valence-electron chi connectivity index (χ3n) is 9.42. The summed E-state index contributed by atoms with van der Waals surface area (Å²) in [7, 11) is 1.53. The van der Waals surface area contributed by atoms with Gasteiger partial charge in [-0.15, -0.1) is 0 Å². The van der Waals surface area contributed by atoms with Crippen molar-refractivity contribution >= 4 is 34.8 Å². The summed E-state index contributed by atoms with van der Waals surface area (Å²) in [4.78, 5) is 42.9. The van der Waals surface area contributed by atoms with E-state index in [4.69, 9.17) is 4.74 Å². The molecule has 2 N–H and O–H groups in total. The molecule has 3 aromatic rings. The molecule has 6 rings (SSSR count). The Hall–Kier alpha value is -4.80. The monoisotopic (exact) mass is 636 g/mol. The third-order valence-corrected chi connectivity index (χ3v) is 9.42. The first-order valence-electron chi connectivity index (χ1n) is 16.1. The van der Waals surface area contributed by atoms with Crippen LogP contribution in [0.15, 0.2) is 90.0 Å². The summed E-state index contributed by atoms with van der Waals surface area (Å²) in [6.07, 6.45) is 6.10. The van der Waals surface area contributed by atoms with Crippen LogP contribution in [0.4, 0.5) is 11.4 Å². The fourth-order valence-electron chi connectivity index (χ4n) is 6.71. The summed E-state index contributed by atoms with van der Waals surface area (Å²) in [5.41, 5.74) is 2.40. The van der Waals surface area contributed by atoms with Crippen LogP contribution in [0.1, 0.15) is 55.7 Å². The number of likely N-dealkylation sites (tertiary alicyclic amines) is 1. The topological polar surface area (TPSA) is 123 Å². The molecule has 1 saturated heterocycles. The molecule has 0 aromatic heterocycles. The fraction of sp³-hybridized carbons (Fsp3) is 0.351. The minimum Gasteiger partial charge on any atom is -0.497 e. The number of amides is 3. The van der Waals surface area contributed by atoms with Crippen molar-refractivity contribution in [1.29, 1.82) is 0 Å². The lowest BCUT2D eigenvalue weighted by atomic mass is 9.83. The van der Waals surface area contributed by atoms with Crippen LogP contribution in [0.3, 0.4) is 0 Å². The number of methoxy groups -OCH3 is 1. The van der Waals surface area contributed by atoms with Crippen molar-refractivity contribution in [3.63, 3.8) is 0 Å². The second-order valence-electron chi connectivity index (χ2n) is 12.3. The molecular weight excluding hydrogens is 596 g/mol. The van der Waals surface area contributed by atoms with Crippen LogP contribution in [0, 0.1) is 5.92 Å². The maximum atomic E-state index is 14.1. The second-order valence-corrected chi connectivity index (χ2v) is 12.3. The molecule has 0 saturated carbocycles. The number of nitrogens with zero attached hydrogens (tertiary/aromatic N) is 4. The molecule has 47 heavy (non-hydrogen) atoms. The summed E-state index contributed by atoms with van der Waals surface area (Å²) in [5.74, 6) is -0.794. The van der Waals surface area contributed by atoms with E-state index in [0.29, 0.717) is 42.1 Å². The first kappa shape index (κ1) is 32.2. The predicted molar refractivity (Wildman–Crippen MR) is 179 cm³/mol. The zero-order valence-corrected chi connectivity index (χ0v) is 26.7. The number of rotatable bonds is 10. The van der Waals surface area contributed by atoms with Crippen LogP contribution < -0.4 is 14.6 Å². The molecule has 10 heteroatoms. The molecular formula is C37H40N4O6. The van der Waals surface area contributed by atoms with Gasteiger partial charge in [0.25, 0.3) is 5.91 Å². The van der Waals surface area contributed by atoms with Gasteiger partial charge in [-0.1, -0.05) is 61.5 Å². The van der Waals surface area contributed by atoms with Crippen LogP contribution in [0.25, 0.3) is 0 Å². The van der Waals surface area contributed by atoms with Crippen LogP contribution in [-0.4, -0.2) is 64.8 Å². The van der Waals surface area contributed by atoms with E-state index in [1.54, 1.807) is 47.1 Å². The van der Waals surface area contributed by atoms with Crippen molar-refractivity contribution in [2.45, 2.75) is 57.2 Å². The maximum Gasteiger partial charge on any atom is 0.264 e. The van der Waals surface area contributed by atoms with Gasteiger partial charge in [0.2, 0.25) is 11.8 Å². The number of hydrogen-bond acceptors (Lipinski definition) is 7. The molecule has 0 bridgehead atoms. The van der Waals surface area contributed by atoms with Crippen molar-refractivity contribution in [3.05, 3.63) is 102 Å². The molecule has 0 radical (unpaired) electrons. The number of hydrogen-bond donors (Lipinski definition) is 2. The van der Waals surface area contributed by atoms with E-state index in [2.05, 4.69) is 5.10 Å². The Morgan fingerprint density at radius 2 is 1.85 bits per heavy atom. The standard InChI is InChI=1S/C37H40N4O6/c1-25(8-6-12-34(43)39-21-7-11-29(39)24-42)37(46)31-22-30(47-2)17-19-33(31)40(36(37)45)23-26-13-15-28(16-14-26)41-35(44)20-18-32(38-41)27-9-4-3-5-10-27/h3-6,8-10,13-17,19,22,25,29,42,46H,7,11-12,18,20-21,23-24H2,1-2H3/b8-6+/t25-,29+,37+/m1/s1. The molecule has 244 valence electrons. The predicted octanol–water partition coefficient (Wildman–Crippen LogP) is 4.53. The first-order valence-corrected chi connectivity index (χ1v) is 16.1. The van der Waals surface area contributed by atoms with Gasteiger partial charge in [-0.25, -0.2) is 5.01 Å². The number of hydrazone groups is 1. The van der Waals surface area contributed by atoms with Gasteiger partial charge in [0, 0.05) is 37.3 Å². The number of fused-ring (bicyclic) bond motifs is 1. The molecule has 0 aliphatic carbocycles. The smallest absolute Gasteiger partial charge is 0.264 e. The number of anilines is 2. The highest BCUT2D eigenvalue weighted by Crippen LogP contribution is 2.47. The second kappa shape index (κ2) is 13.5. The van der Waals surface area contributed by atoms with Crippen LogP contribution in [0.2, 0.25) is 0 Å². The molecule has 1 fully saturated rings. The van der Waals surface area contributed by atoms with Crippen molar-refractivity contribution in [2.75, 3.05) is 30.2 Å². The van der Waals surface area contributed by atoms with Crippen molar-refractivity contribution in [1.82, 2.24) is 4.90 Å². The molecule has 3 aliphatic rings. The van der Waals surface area contributed by atoms with Crippen molar-refractivity contribution in [3.8, 4) is 5.75 Å². The molecule has 3 aliphatic heterocycles. The Bertz CT molecular complexity index is 1710. The van der Waals surface area contributed by atoms with Gasteiger partial charge in [0.1, 0.15) is 5.75 Å². The number of aliphatic hydroxyl groups excluding tert-OH is 1. The summed E-state index contributed by atoms with van der Waals surface area (Å²) in [5, 5.41) is 27.8. The normalized spacial score (nSPS) is 21.7. The molecule has 0 unspecified atom stereocenters. The molecule has 3 amide bonds. The van der Waals surface area contributed by atoms with E-state index in [9.17, 15) is 24.6 Å². The van der Waals surface area contributed by atoms with Crippen LogP contribution in [0.5, 0.6) is 5.75 Å². The minimum atomic E-state index is -1.88. The quantitative estimate of drug-likeness (QED) is 0.316. The summed E-state index contributed by atoms with van der Waals surface area (Å²) >= 11 is 0. The number of carbonyl (C=O) groups excluding carboxylic acids is 3. The highest BCUT2D eigenvalue weighted by Gasteiger charge is 2.52. The SMILES string of the molecule is COc1ccc2c(c1)[C@@](O)([C@H](C)/C=C/CC(=O)N1CCC[C@H]1CO)C(=O)N2Cc1ccc(N2N=C(c3ccccc3)CCC2=O)cc1. The van der Waals surface area contributed by atoms with E-state index in [0.717, 1.165) is 29.7 Å². The highest BCUT2D eigenvalue weighted by molar-refractivity contribution is 6.09. The average Bonchev–Trinajstić information content (AvgIpc) is 3.67. The lowest BCUT2D eigenvalue weighted by Crippen LogP contribution is -2.44. The third kappa shape index (κ3) is 6.18. The summed E-state index contributed by atoms with van der Waals surface area (Å²) in [6, 6.07) is 22.2.